The number of aromatic nitrogens is 2. The molecule has 0 bridgehead atoms. The summed E-state index contributed by atoms with van der Waals surface area (Å²) < 4.78 is 7.58. The number of fused-ring (bicyclic) bond motifs is 1. The minimum atomic E-state index is -0.0250. The fourth-order valence-electron chi connectivity index (χ4n) is 3.32. The molecular weight excluding hydrogens is 344 g/mol. The van der Waals surface area contributed by atoms with Gasteiger partial charge in [-0.25, -0.2) is 0 Å². The van der Waals surface area contributed by atoms with Crippen molar-refractivity contribution >= 4 is 5.91 Å². The second kappa shape index (κ2) is 9.01. The number of nitrogens with zero attached hydrogens (tertiary/aromatic N) is 3. The number of rotatable bonds is 8. The molecule has 0 aliphatic carbocycles. The van der Waals surface area contributed by atoms with E-state index >= 15 is 0 Å². The molecule has 2 heterocycles. The molecule has 2 aromatic rings. The Morgan fingerprint density at radius 2 is 2.15 bits per heavy atom. The zero-order valence-corrected chi connectivity index (χ0v) is 16.1. The minimum Gasteiger partial charge on any atom is -0.494 e. The fourth-order valence-corrected chi connectivity index (χ4v) is 3.32. The van der Waals surface area contributed by atoms with E-state index in [-0.39, 0.29) is 12.5 Å². The molecule has 0 radical (unpaired) electrons. The summed E-state index contributed by atoms with van der Waals surface area (Å²) in [5, 5.41) is 17.0. The van der Waals surface area contributed by atoms with Crippen LogP contribution in [0, 0.1) is 0 Å². The standard InChI is InChI=1S/C20H28N4O3/c1-3-20(26)21-11-17-10-18-13-23(7-8-24(18)22-17)12-15-5-6-19(27-4-2)16(9-15)14-25/h5-6,9-10,25H,3-4,7-8,11-14H2,1-2H3,(H,21,26). The van der Waals surface area contributed by atoms with Gasteiger partial charge in [0.15, 0.2) is 0 Å². The van der Waals surface area contributed by atoms with E-state index in [9.17, 15) is 9.90 Å². The van der Waals surface area contributed by atoms with Crippen molar-refractivity contribution in [2.45, 2.75) is 53.1 Å². The molecule has 27 heavy (non-hydrogen) atoms. The summed E-state index contributed by atoms with van der Waals surface area (Å²) in [6.07, 6.45) is 0.485. The number of hydrogen-bond acceptors (Lipinski definition) is 5. The zero-order chi connectivity index (χ0) is 19.2. The lowest BCUT2D eigenvalue weighted by Crippen LogP contribution is -2.33. The Morgan fingerprint density at radius 1 is 1.30 bits per heavy atom. The van der Waals surface area contributed by atoms with Gasteiger partial charge < -0.3 is 15.2 Å². The number of aliphatic hydroxyl groups excluding tert-OH is 1. The second-order valence-electron chi connectivity index (χ2n) is 6.72. The van der Waals surface area contributed by atoms with Gasteiger partial charge in [-0.2, -0.15) is 5.10 Å². The molecule has 146 valence electrons. The molecule has 7 heteroatoms. The van der Waals surface area contributed by atoms with Crippen LogP contribution in [0.2, 0.25) is 0 Å². The van der Waals surface area contributed by atoms with E-state index in [1.54, 1.807) is 0 Å². The van der Waals surface area contributed by atoms with Crippen LogP contribution >= 0.6 is 0 Å². The Morgan fingerprint density at radius 3 is 2.89 bits per heavy atom. The van der Waals surface area contributed by atoms with Gasteiger partial charge in [-0.3, -0.25) is 14.4 Å². The number of carbonyl (C=O) groups excluding carboxylic acids is 1. The third-order valence-corrected chi connectivity index (χ3v) is 4.72. The molecule has 1 aliphatic rings. The monoisotopic (exact) mass is 372 g/mol. The molecule has 0 spiro atoms. The van der Waals surface area contributed by atoms with Crippen LogP contribution in [0.4, 0.5) is 0 Å². The highest BCUT2D eigenvalue weighted by atomic mass is 16.5. The van der Waals surface area contributed by atoms with E-state index in [2.05, 4.69) is 27.4 Å². The molecule has 0 saturated heterocycles. The van der Waals surface area contributed by atoms with Crippen molar-refractivity contribution in [1.82, 2.24) is 20.0 Å². The largest absolute Gasteiger partial charge is 0.494 e. The average Bonchev–Trinajstić information content (AvgIpc) is 3.09. The molecule has 0 atom stereocenters. The van der Waals surface area contributed by atoms with Gasteiger partial charge in [0.05, 0.1) is 37.7 Å². The van der Waals surface area contributed by atoms with Crippen LogP contribution in [0.3, 0.4) is 0 Å². The van der Waals surface area contributed by atoms with E-state index in [4.69, 9.17) is 4.74 Å². The Hall–Kier alpha value is -2.38. The summed E-state index contributed by atoms with van der Waals surface area (Å²) >= 11 is 0. The Labute approximate surface area is 159 Å². The summed E-state index contributed by atoms with van der Waals surface area (Å²) in [5.41, 5.74) is 4.05. The number of benzene rings is 1. The van der Waals surface area contributed by atoms with Crippen molar-refractivity contribution in [3.05, 3.63) is 46.8 Å². The van der Waals surface area contributed by atoms with E-state index in [0.717, 1.165) is 54.4 Å². The van der Waals surface area contributed by atoms with Gasteiger partial charge in [0.2, 0.25) is 5.91 Å². The SMILES string of the molecule is CCOc1ccc(CN2CCn3nc(CNC(=O)CC)cc3C2)cc1CO. The molecule has 7 nitrogen and oxygen atoms in total. The van der Waals surface area contributed by atoms with Gasteiger partial charge in [0.25, 0.3) is 0 Å². The normalized spacial score (nSPS) is 14.0. The molecule has 2 N–H and O–H groups in total. The third kappa shape index (κ3) is 4.87. The summed E-state index contributed by atoms with van der Waals surface area (Å²) in [4.78, 5) is 13.8. The first kappa shape index (κ1) is 19.4. The molecule has 1 aromatic carbocycles. The van der Waals surface area contributed by atoms with Crippen molar-refractivity contribution in [3.8, 4) is 5.75 Å². The lowest BCUT2D eigenvalue weighted by atomic mass is 10.1. The first-order valence-corrected chi connectivity index (χ1v) is 9.53. The minimum absolute atomic E-state index is 0.0250. The van der Waals surface area contributed by atoms with E-state index in [1.807, 2.05) is 30.7 Å². The maximum Gasteiger partial charge on any atom is 0.220 e. The van der Waals surface area contributed by atoms with Gasteiger partial charge in [-0.05, 0) is 30.7 Å². The lowest BCUT2D eigenvalue weighted by molar-refractivity contribution is -0.120. The molecule has 3 rings (SSSR count). The summed E-state index contributed by atoms with van der Waals surface area (Å²) in [5.74, 6) is 0.789. The summed E-state index contributed by atoms with van der Waals surface area (Å²) in [7, 11) is 0. The molecule has 1 aromatic heterocycles. The summed E-state index contributed by atoms with van der Waals surface area (Å²) in [6.45, 7) is 8.20. The Balaban J connectivity index is 1.62. The smallest absolute Gasteiger partial charge is 0.220 e. The van der Waals surface area contributed by atoms with Crippen molar-refractivity contribution in [3.63, 3.8) is 0 Å². The predicted octanol–water partition coefficient (Wildman–Crippen LogP) is 1.82. The fraction of sp³-hybridized carbons (Fsp3) is 0.500. The van der Waals surface area contributed by atoms with Gasteiger partial charge in [-0.1, -0.05) is 13.0 Å². The van der Waals surface area contributed by atoms with Gasteiger partial charge in [0, 0.05) is 31.6 Å². The van der Waals surface area contributed by atoms with Crippen molar-refractivity contribution < 1.29 is 14.6 Å². The number of ether oxygens (including phenoxy) is 1. The Kier molecular flexibility index (Phi) is 6.47. The van der Waals surface area contributed by atoms with Gasteiger partial charge >= 0.3 is 0 Å². The molecular formula is C20H28N4O3. The zero-order valence-electron chi connectivity index (χ0n) is 16.1. The second-order valence-corrected chi connectivity index (χ2v) is 6.72. The number of nitrogens with one attached hydrogen (secondary N) is 1. The quantitative estimate of drug-likeness (QED) is 0.739. The highest BCUT2D eigenvalue weighted by molar-refractivity contribution is 5.75. The summed E-state index contributed by atoms with van der Waals surface area (Å²) in [6, 6.07) is 8.08. The van der Waals surface area contributed by atoms with Crippen LogP contribution < -0.4 is 10.1 Å². The molecule has 0 fully saturated rings. The van der Waals surface area contributed by atoms with Gasteiger partial charge in [-0.15, -0.1) is 0 Å². The van der Waals surface area contributed by atoms with E-state index < -0.39 is 0 Å². The maximum atomic E-state index is 11.4. The van der Waals surface area contributed by atoms with Crippen LogP contribution in [0.5, 0.6) is 5.75 Å². The average molecular weight is 372 g/mol. The lowest BCUT2D eigenvalue weighted by Gasteiger charge is -2.27. The van der Waals surface area contributed by atoms with Crippen LogP contribution in [-0.2, 0) is 37.6 Å². The molecule has 0 unspecified atom stereocenters. The molecule has 1 aliphatic heterocycles. The highest BCUT2D eigenvalue weighted by Gasteiger charge is 2.19. The number of hydrogen-bond donors (Lipinski definition) is 2. The van der Waals surface area contributed by atoms with Crippen LogP contribution in [-0.4, -0.2) is 38.8 Å². The number of aliphatic hydroxyl groups is 1. The first-order valence-electron chi connectivity index (χ1n) is 9.53. The number of carbonyl (C=O) groups is 1. The number of amides is 1. The maximum absolute atomic E-state index is 11.4. The van der Waals surface area contributed by atoms with Crippen molar-refractivity contribution in [1.29, 1.82) is 0 Å². The molecule has 0 saturated carbocycles. The van der Waals surface area contributed by atoms with E-state index in [1.165, 1.54) is 0 Å². The molecule has 1 amide bonds. The van der Waals surface area contributed by atoms with Crippen LogP contribution in [0.1, 0.15) is 42.8 Å². The van der Waals surface area contributed by atoms with Crippen LogP contribution in [0.15, 0.2) is 24.3 Å². The first-order chi connectivity index (χ1) is 13.1. The predicted molar refractivity (Wildman–Crippen MR) is 102 cm³/mol. The topological polar surface area (TPSA) is 79.6 Å². The van der Waals surface area contributed by atoms with Gasteiger partial charge in [0.1, 0.15) is 5.75 Å². The van der Waals surface area contributed by atoms with Crippen LogP contribution in [0.25, 0.3) is 0 Å². The van der Waals surface area contributed by atoms with Crippen molar-refractivity contribution in [2.24, 2.45) is 0 Å². The van der Waals surface area contributed by atoms with Crippen molar-refractivity contribution in [2.75, 3.05) is 13.2 Å². The van der Waals surface area contributed by atoms with E-state index in [0.29, 0.717) is 19.6 Å². The third-order valence-electron chi connectivity index (χ3n) is 4.72. The highest BCUT2D eigenvalue weighted by Crippen LogP contribution is 2.23. The Bertz CT molecular complexity index is 788.